The molecule has 110 valence electrons. The molecule has 0 radical (unpaired) electrons. The van der Waals surface area contributed by atoms with Crippen LogP contribution in [0.15, 0.2) is 60.7 Å². The van der Waals surface area contributed by atoms with Crippen LogP contribution in [-0.2, 0) is 6.61 Å². The molecule has 0 atom stereocenters. The van der Waals surface area contributed by atoms with Gasteiger partial charge >= 0.3 is 0 Å². The van der Waals surface area contributed by atoms with Crippen molar-refractivity contribution in [1.82, 2.24) is 0 Å². The first kappa shape index (κ1) is 14.5. The molecule has 0 aromatic heterocycles. The van der Waals surface area contributed by atoms with Crippen LogP contribution >= 0.6 is 12.2 Å². The number of nitrogens with two attached hydrogens (primary N) is 1. The molecule has 0 spiro atoms. The first-order valence-corrected chi connectivity index (χ1v) is 7.25. The number of ether oxygens (including phenoxy) is 1. The van der Waals surface area contributed by atoms with Gasteiger partial charge in [0.2, 0.25) is 0 Å². The summed E-state index contributed by atoms with van der Waals surface area (Å²) in [6.45, 7) is 0.328. The van der Waals surface area contributed by atoms with Crippen LogP contribution in [-0.4, -0.2) is 4.99 Å². The average molecular weight is 311 g/mol. The Bertz CT molecular complexity index is 830. The van der Waals surface area contributed by atoms with Crippen LogP contribution in [0.5, 0.6) is 5.75 Å². The topological polar surface area (TPSA) is 35.2 Å². The third-order valence-corrected chi connectivity index (χ3v) is 3.65. The average Bonchev–Trinajstić information content (AvgIpc) is 2.53. The molecule has 2 N–H and O–H groups in total. The SMILES string of the molecule is NC(=S)c1c(OCc2ccc(F)cc2)ccc2ccccc12. The van der Waals surface area contributed by atoms with Crippen molar-refractivity contribution < 1.29 is 9.13 Å². The van der Waals surface area contributed by atoms with Crippen LogP contribution in [0.2, 0.25) is 0 Å². The lowest BCUT2D eigenvalue weighted by atomic mass is 10.0. The molecule has 0 aliphatic carbocycles. The van der Waals surface area contributed by atoms with Crippen molar-refractivity contribution in [2.45, 2.75) is 6.61 Å². The van der Waals surface area contributed by atoms with Gasteiger partial charge in [-0.1, -0.05) is 54.7 Å². The molecule has 4 heteroatoms. The van der Waals surface area contributed by atoms with Gasteiger partial charge in [0.05, 0.1) is 5.56 Å². The summed E-state index contributed by atoms with van der Waals surface area (Å²) in [5, 5.41) is 2.02. The van der Waals surface area contributed by atoms with E-state index in [9.17, 15) is 4.39 Å². The summed E-state index contributed by atoms with van der Waals surface area (Å²) in [4.78, 5) is 0.297. The quantitative estimate of drug-likeness (QED) is 0.734. The van der Waals surface area contributed by atoms with Gasteiger partial charge in [0.15, 0.2) is 0 Å². The van der Waals surface area contributed by atoms with Gasteiger partial charge in [-0.15, -0.1) is 0 Å². The Morgan fingerprint density at radius 2 is 1.73 bits per heavy atom. The van der Waals surface area contributed by atoms with E-state index in [1.165, 1.54) is 12.1 Å². The Kier molecular flexibility index (Phi) is 4.02. The van der Waals surface area contributed by atoms with Crippen molar-refractivity contribution >= 4 is 28.0 Å². The molecule has 0 unspecified atom stereocenters. The number of hydrogen-bond acceptors (Lipinski definition) is 2. The Morgan fingerprint density at radius 3 is 2.45 bits per heavy atom. The molecular weight excluding hydrogens is 297 g/mol. The van der Waals surface area contributed by atoms with Crippen molar-refractivity contribution in [2.24, 2.45) is 5.73 Å². The fourth-order valence-corrected chi connectivity index (χ4v) is 2.58. The van der Waals surface area contributed by atoms with E-state index in [1.807, 2.05) is 36.4 Å². The molecule has 3 rings (SSSR count). The first-order valence-electron chi connectivity index (χ1n) is 6.84. The Labute approximate surface area is 133 Å². The van der Waals surface area contributed by atoms with E-state index >= 15 is 0 Å². The molecule has 3 aromatic rings. The number of rotatable bonds is 4. The van der Waals surface area contributed by atoms with Crippen LogP contribution in [0.25, 0.3) is 10.8 Å². The van der Waals surface area contributed by atoms with Gasteiger partial charge in [0.25, 0.3) is 0 Å². The highest BCUT2D eigenvalue weighted by Gasteiger charge is 2.11. The smallest absolute Gasteiger partial charge is 0.130 e. The summed E-state index contributed by atoms with van der Waals surface area (Å²) in [7, 11) is 0. The standard InChI is InChI=1S/C18H14FNOS/c19-14-8-5-12(6-9-14)11-21-16-10-7-13-3-1-2-4-15(13)17(16)18(20)22/h1-10H,11H2,(H2,20,22). The summed E-state index contributed by atoms with van der Waals surface area (Å²) in [5.41, 5.74) is 7.48. The first-order chi connectivity index (χ1) is 10.6. The van der Waals surface area contributed by atoms with Crippen molar-refractivity contribution in [3.63, 3.8) is 0 Å². The zero-order valence-electron chi connectivity index (χ0n) is 11.8. The van der Waals surface area contributed by atoms with Gasteiger partial charge in [-0.05, 0) is 34.5 Å². The lowest BCUT2D eigenvalue weighted by molar-refractivity contribution is 0.306. The van der Waals surface area contributed by atoms with Crippen molar-refractivity contribution in [1.29, 1.82) is 0 Å². The highest BCUT2D eigenvalue weighted by Crippen LogP contribution is 2.28. The van der Waals surface area contributed by atoms with Gasteiger partial charge in [-0.2, -0.15) is 0 Å². The summed E-state index contributed by atoms with van der Waals surface area (Å²) < 4.78 is 18.8. The monoisotopic (exact) mass is 311 g/mol. The van der Waals surface area contributed by atoms with Crippen molar-refractivity contribution in [3.8, 4) is 5.75 Å². The lowest BCUT2D eigenvalue weighted by Crippen LogP contribution is -2.12. The van der Waals surface area contributed by atoms with E-state index in [0.29, 0.717) is 17.3 Å². The lowest BCUT2D eigenvalue weighted by Gasteiger charge is -2.13. The second-order valence-electron chi connectivity index (χ2n) is 4.94. The number of fused-ring (bicyclic) bond motifs is 1. The maximum atomic E-state index is 12.9. The van der Waals surface area contributed by atoms with Crippen LogP contribution < -0.4 is 10.5 Å². The maximum absolute atomic E-state index is 12.9. The van der Waals surface area contributed by atoms with E-state index in [4.69, 9.17) is 22.7 Å². The van der Waals surface area contributed by atoms with Gasteiger partial charge in [-0.3, -0.25) is 0 Å². The number of hydrogen-bond donors (Lipinski definition) is 1. The number of thiocarbonyl (C=S) groups is 1. The minimum Gasteiger partial charge on any atom is -0.488 e. The Hall–Kier alpha value is -2.46. The summed E-state index contributed by atoms with van der Waals surface area (Å²) >= 11 is 5.17. The third-order valence-electron chi connectivity index (χ3n) is 3.44. The molecule has 22 heavy (non-hydrogen) atoms. The molecule has 0 aliphatic heterocycles. The molecule has 0 fully saturated rings. The number of benzene rings is 3. The molecule has 0 aliphatic rings. The zero-order valence-corrected chi connectivity index (χ0v) is 12.6. The summed E-state index contributed by atoms with van der Waals surface area (Å²) in [6.07, 6.45) is 0. The van der Waals surface area contributed by atoms with E-state index in [2.05, 4.69) is 0 Å². The van der Waals surface area contributed by atoms with Crippen LogP contribution in [0.1, 0.15) is 11.1 Å². The molecular formula is C18H14FNOS. The Morgan fingerprint density at radius 1 is 1.00 bits per heavy atom. The normalized spacial score (nSPS) is 10.6. The summed E-state index contributed by atoms with van der Waals surface area (Å²) in [6, 6.07) is 17.9. The highest BCUT2D eigenvalue weighted by atomic mass is 32.1. The Balaban J connectivity index is 1.94. The molecule has 0 saturated carbocycles. The summed E-state index contributed by atoms with van der Waals surface area (Å²) in [5.74, 6) is 0.369. The van der Waals surface area contributed by atoms with Crippen molar-refractivity contribution in [3.05, 3.63) is 77.6 Å². The predicted octanol–water partition coefficient (Wildman–Crippen LogP) is 4.19. The van der Waals surface area contributed by atoms with Crippen LogP contribution in [0.3, 0.4) is 0 Å². The predicted molar refractivity (Wildman–Crippen MR) is 90.6 cm³/mol. The van der Waals surface area contributed by atoms with Crippen molar-refractivity contribution in [2.75, 3.05) is 0 Å². The minimum absolute atomic E-state index is 0.265. The molecule has 0 heterocycles. The van der Waals surface area contributed by atoms with Gasteiger partial charge in [0.1, 0.15) is 23.2 Å². The second kappa shape index (κ2) is 6.12. The maximum Gasteiger partial charge on any atom is 0.130 e. The van der Waals surface area contributed by atoms with Gasteiger partial charge in [0, 0.05) is 0 Å². The molecule has 2 nitrogen and oxygen atoms in total. The minimum atomic E-state index is -0.265. The highest BCUT2D eigenvalue weighted by molar-refractivity contribution is 7.80. The molecule has 0 bridgehead atoms. The third kappa shape index (κ3) is 2.92. The van der Waals surface area contributed by atoms with E-state index in [1.54, 1.807) is 12.1 Å². The van der Waals surface area contributed by atoms with Gasteiger partial charge < -0.3 is 10.5 Å². The van der Waals surface area contributed by atoms with Crippen LogP contribution in [0.4, 0.5) is 4.39 Å². The molecule has 0 amide bonds. The van der Waals surface area contributed by atoms with E-state index in [0.717, 1.165) is 21.9 Å². The zero-order chi connectivity index (χ0) is 15.5. The number of halogens is 1. The molecule has 0 saturated heterocycles. The fraction of sp³-hybridized carbons (Fsp3) is 0.0556. The molecule has 3 aromatic carbocycles. The largest absolute Gasteiger partial charge is 0.488 e. The van der Waals surface area contributed by atoms with Gasteiger partial charge in [-0.25, -0.2) is 4.39 Å². The van der Waals surface area contributed by atoms with E-state index < -0.39 is 0 Å². The van der Waals surface area contributed by atoms with E-state index in [-0.39, 0.29) is 5.82 Å². The second-order valence-corrected chi connectivity index (χ2v) is 5.38. The van der Waals surface area contributed by atoms with Crippen LogP contribution in [0, 0.1) is 5.82 Å². The fourth-order valence-electron chi connectivity index (χ4n) is 2.37.